The fourth-order valence-electron chi connectivity index (χ4n) is 3.65. The summed E-state index contributed by atoms with van der Waals surface area (Å²) in [5.74, 6) is 4.87. The second-order valence-corrected chi connectivity index (χ2v) is 6.31. The van der Waals surface area contributed by atoms with E-state index in [1.54, 1.807) is 12.5 Å². The summed E-state index contributed by atoms with van der Waals surface area (Å²) in [4.78, 5) is 11.1. The van der Waals surface area contributed by atoms with E-state index in [9.17, 15) is 4.79 Å². The molecule has 0 radical (unpaired) electrons. The van der Waals surface area contributed by atoms with Crippen molar-refractivity contribution in [2.24, 2.45) is 17.8 Å². The first-order valence-corrected chi connectivity index (χ1v) is 8.52. The van der Waals surface area contributed by atoms with Gasteiger partial charge in [-0.15, -0.1) is 0 Å². The van der Waals surface area contributed by atoms with Crippen LogP contribution in [0, 0.1) is 29.8 Å². The third-order valence-electron chi connectivity index (χ3n) is 4.41. The van der Waals surface area contributed by atoms with E-state index >= 15 is 0 Å². The van der Waals surface area contributed by atoms with Gasteiger partial charge in [0.15, 0.2) is 0 Å². The smallest absolute Gasteiger partial charge is 0.434 e. The first-order valence-electron chi connectivity index (χ1n) is 8.52. The highest BCUT2D eigenvalue weighted by Crippen LogP contribution is 2.44. The molecule has 0 amide bonds. The second-order valence-electron chi connectivity index (χ2n) is 6.31. The van der Waals surface area contributed by atoms with Gasteiger partial charge in [0.1, 0.15) is 6.11 Å². The van der Waals surface area contributed by atoms with Gasteiger partial charge in [-0.1, -0.05) is 41.9 Å². The predicted octanol–water partition coefficient (Wildman–Crippen LogP) is 5.01. The van der Waals surface area contributed by atoms with Gasteiger partial charge >= 0.3 is 6.16 Å². The summed E-state index contributed by atoms with van der Waals surface area (Å²) in [6.07, 6.45) is 18.3. The average molecular weight is 314 g/mol. The van der Waals surface area contributed by atoms with Gasteiger partial charge in [0.05, 0.1) is 6.61 Å². The van der Waals surface area contributed by atoms with Gasteiger partial charge in [0.25, 0.3) is 0 Å². The Morgan fingerprint density at radius 1 is 1.17 bits per heavy atom. The van der Waals surface area contributed by atoms with Crippen LogP contribution in [0.15, 0.2) is 36.0 Å². The lowest BCUT2D eigenvalue weighted by Gasteiger charge is -2.38. The van der Waals surface area contributed by atoms with E-state index in [0.717, 1.165) is 12.8 Å². The summed E-state index contributed by atoms with van der Waals surface area (Å²) in [5, 5.41) is 0. The van der Waals surface area contributed by atoms with Crippen LogP contribution in [0.25, 0.3) is 0 Å². The molecule has 124 valence electrons. The Kier molecular flexibility index (Phi) is 7.00. The molecular weight excluding hydrogens is 288 g/mol. The van der Waals surface area contributed by atoms with Crippen molar-refractivity contribution in [1.82, 2.24) is 0 Å². The van der Waals surface area contributed by atoms with Gasteiger partial charge in [-0.2, -0.15) is 0 Å². The van der Waals surface area contributed by atoms with Crippen molar-refractivity contribution in [3.05, 3.63) is 36.0 Å². The third-order valence-corrected chi connectivity index (χ3v) is 4.41. The van der Waals surface area contributed by atoms with Gasteiger partial charge < -0.3 is 9.47 Å². The Balaban J connectivity index is 1.85. The van der Waals surface area contributed by atoms with Crippen LogP contribution >= 0.6 is 0 Å². The van der Waals surface area contributed by atoms with Gasteiger partial charge in [0.2, 0.25) is 0 Å². The third kappa shape index (κ3) is 5.98. The van der Waals surface area contributed by atoms with Crippen LogP contribution in [0.3, 0.4) is 0 Å². The van der Waals surface area contributed by atoms with E-state index < -0.39 is 6.16 Å². The maximum absolute atomic E-state index is 11.1. The number of carbonyl (C=O) groups is 1. The maximum Gasteiger partial charge on any atom is 0.522 e. The van der Waals surface area contributed by atoms with Crippen molar-refractivity contribution >= 4 is 6.16 Å². The molecule has 2 fully saturated rings. The Morgan fingerprint density at radius 3 is 2.57 bits per heavy atom. The Hall–Kier alpha value is -1.95. The highest BCUT2D eigenvalue weighted by atomic mass is 16.7. The average Bonchev–Trinajstić information content (AvgIpc) is 2.51. The van der Waals surface area contributed by atoms with Crippen LogP contribution < -0.4 is 0 Å². The fourth-order valence-corrected chi connectivity index (χ4v) is 3.65. The quantitative estimate of drug-likeness (QED) is 0.417. The van der Waals surface area contributed by atoms with Gasteiger partial charge in [-0.3, -0.25) is 0 Å². The number of fused-ring (bicyclic) bond motifs is 2. The molecular formula is C20H26O3. The minimum absolute atomic E-state index is 0.311. The fraction of sp³-hybridized carbons (Fsp3) is 0.550. The summed E-state index contributed by atoms with van der Waals surface area (Å²) in [5.41, 5.74) is 1.56. The molecule has 0 aromatic carbocycles. The molecule has 2 atom stereocenters. The van der Waals surface area contributed by atoms with Gasteiger partial charge in [-0.25, -0.2) is 4.79 Å². The Bertz CT molecular complexity index is 529. The standard InChI is InChI=1S/C20H26O3/c1-3-5-6-7-8-16-11-18-13-17(14-19(12-16)15-18)9-10-23-20(21)22-4-2/h3,5-8,17-19H,4,11-15H2,1-2H3. The van der Waals surface area contributed by atoms with E-state index in [2.05, 4.69) is 36.3 Å². The second kappa shape index (κ2) is 9.25. The Labute approximate surface area is 139 Å². The largest absolute Gasteiger partial charge is 0.522 e. The molecule has 0 aromatic heterocycles. The lowest BCUT2D eigenvalue weighted by molar-refractivity contribution is 0.0948. The molecule has 2 unspecified atom stereocenters. The maximum atomic E-state index is 11.1. The van der Waals surface area contributed by atoms with Crippen molar-refractivity contribution in [3.63, 3.8) is 0 Å². The SMILES string of the molecule is CC=CC=CC=C1CC2CC(C#COC(=O)OCC)CC(C1)C2. The summed E-state index contributed by atoms with van der Waals surface area (Å²) in [6, 6.07) is 0. The number of hydrogen-bond acceptors (Lipinski definition) is 3. The normalized spacial score (nSPS) is 26.7. The van der Waals surface area contributed by atoms with E-state index in [1.807, 2.05) is 13.0 Å². The molecule has 2 rings (SSSR count). The molecule has 2 aliphatic rings. The zero-order chi connectivity index (χ0) is 16.5. The zero-order valence-electron chi connectivity index (χ0n) is 14.1. The van der Waals surface area contributed by atoms with Crippen molar-refractivity contribution in [3.8, 4) is 12.0 Å². The molecule has 2 aliphatic carbocycles. The topological polar surface area (TPSA) is 35.5 Å². The minimum Gasteiger partial charge on any atom is -0.434 e. The molecule has 2 bridgehead atoms. The van der Waals surface area contributed by atoms with E-state index in [1.165, 1.54) is 19.3 Å². The van der Waals surface area contributed by atoms with Crippen LogP contribution in [0.1, 0.15) is 46.0 Å². The predicted molar refractivity (Wildman–Crippen MR) is 91.5 cm³/mol. The summed E-state index contributed by atoms with van der Waals surface area (Å²) in [6.45, 7) is 4.08. The summed E-state index contributed by atoms with van der Waals surface area (Å²) >= 11 is 0. The molecule has 0 saturated heterocycles. The molecule has 3 nitrogen and oxygen atoms in total. The number of ether oxygens (including phenoxy) is 2. The first-order chi connectivity index (χ1) is 11.2. The summed E-state index contributed by atoms with van der Waals surface area (Å²) in [7, 11) is 0. The number of carbonyl (C=O) groups excluding carboxylic acids is 1. The Morgan fingerprint density at radius 2 is 1.91 bits per heavy atom. The molecule has 0 N–H and O–H groups in total. The van der Waals surface area contributed by atoms with E-state index in [4.69, 9.17) is 9.47 Å². The highest BCUT2D eigenvalue weighted by Gasteiger charge is 2.32. The van der Waals surface area contributed by atoms with E-state index in [0.29, 0.717) is 24.4 Å². The minimum atomic E-state index is -0.700. The van der Waals surface area contributed by atoms with Crippen LogP contribution in [0.5, 0.6) is 0 Å². The lowest BCUT2D eigenvalue weighted by atomic mass is 9.66. The molecule has 0 spiro atoms. The highest BCUT2D eigenvalue weighted by molar-refractivity contribution is 5.61. The molecule has 0 aromatic rings. The zero-order valence-corrected chi connectivity index (χ0v) is 14.1. The molecule has 3 heteroatoms. The van der Waals surface area contributed by atoms with Crippen LogP contribution in [-0.4, -0.2) is 12.8 Å². The molecule has 0 heterocycles. The van der Waals surface area contributed by atoms with Crippen LogP contribution in [-0.2, 0) is 9.47 Å². The van der Waals surface area contributed by atoms with Gasteiger partial charge in [0, 0.05) is 5.92 Å². The van der Waals surface area contributed by atoms with Crippen molar-refractivity contribution in [2.45, 2.75) is 46.0 Å². The number of hydrogen-bond donors (Lipinski definition) is 0. The van der Waals surface area contributed by atoms with Crippen LogP contribution in [0.2, 0.25) is 0 Å². The monoisotopic (exact) mass is 314 g/mol. The number of allylic oxidation sites excluding steroid dienone is 6. The summed E-state index contributed by atoms with van der Waals surface area (Å²) < 4.78 is 9.45. The van der Waals surface area contributed by atoms with Crippen molar-refractivity contribution < 1.29 is 14.3 Å². The van der Waals surface area contributed by atoms with Crippen molar-refractivity contribution in [2.75, 3.05) is 6.61 Å². The number of rotatable bonds is 3. The molecule has 0 aliphatic heterocycles. The molecule has 2 saturated carbocycles. The van der Waals surface area contributed by atoms with Crippen LogP contribution in [0.4, 0.5) is 4.79 Å². The van der Waals surface area contributed by atoms with Crippen molar-refractivity contribution in [1.29, 1.82) is 0 Å². The van der Waals surface area contributed by atoms with Gasteiger partial charge in [-0.05, 0) is 57.8 Å². The van der Waals surface area contributed by atoms with E-state index in [-0.39, 0.29) is 0 Å². The first kappa shape index (κ1) is 17.4. The molecule has 23 heavy (non-hydrogen) atoms. The lowest BCUT2D eigenvalue weighted by Crippen LogP contribution is -2.27.